The standard InChI is InChI=1S/C16H27NS/c1-11(2)9-17-10-12-8-13(12)14-6-7-15(18-14)16(3,4)5/h6-7,11-13,17H,8-10H2,1-5H3. The summed E-state index contributed by atoms with van der Waals surface area (Å²) in [6.07, 6.45) is 1.38. The van der Waals surface area contributed by atoms with Gasteiger partial charge in [0.1, 0.15) is 0 Å². The van der Waals surface area contributed by atoms with Gasteiger partial charge in [0.25, 0.3) is 0 Å². The molecule has 1 N–H and O–H groups in total. The van der Waals surface area contributed by atoms with Gasteiger partial charge in [0, 0.05) is 9.75 Å². The van der Waals surface area contributed by atoms with Gasteiger partial charge in [0.15, 0.2) is 0 Å². The minimum Gasteiger partial charge on any atom is -0.316 e. The number of hydrogen-bond acceptors (Lipinski definition) is 2. The maximum Gasteiger partial charge on any atom is 0.0102 e. The second-order valence-electron chi connectivity index (χ2n) is 7.11. The molecule has 2 atom stereocenters. The van der Waals surface area contributed by atoms with Crippen molar-refractivity contribution in [3.63, 3.8) is 0 Å². The first kappa shape index (κ1) is 14.1. The molecular weight excluding hydrogens is 238 g/mol. The van der Waals surface area contributed by atoms with Crippen LogP contribution in [0, 0.1) is 11.8 Å². The Balaban J connectivity index is 1.82. The Labute approximate surface area is 116 Å². The lowest BCUT2D eigenvalue weighted by Crippen LogP contribution is -2.22. The molecule has 2 unspecified atom stereocenters. The van der Waals surface area contributed by atoms with Gasteiger partial charge in [-0.1, -0.05) is 34.6 Å². The van der Waals surface area contributed by atoms with Crippen molar-refractivity contribution in [3.05, 3.63) is 21.9 Å². The lowest BCUT2D eigenvalue weighted by molar-refractivity contribution is 0.533. The normalized spacial score (nSPS) is 23.7. The molecule has 2 rings (SSSR count). The SMILES string of the molecule is CC(C)CNCC1CC1c1ccc(C(C)(C)C)s1. The lowest BCUT2D eigenvalue weighted by atomic mass is 9.95. The maximum atomic E-state index is 3.59. The zero-order chi connectivity index (χ0) is 13.3. The summed E-state index contributed by atoms with van der Waals surface area (Å²) in [6, 6.07) is 4.69. The van der Waals surface area contributed by atoms with Crippen LogP contribution in [-0.4, -0.2) is 13.1 Å². The van der Waals surface area contributed by atoms with E-state index in [0.717, 1.165) is 24.3 Å². The van der Waals surface area contributed by atoms with Crippen molar-refractivity contribution < 1.29 is 0 Å². The highest BCUT2D eigenvalue weighted by molar-refractivity contribution is 7.12. The van der Waals surface area contributed by atoms with E-state index in [9.17, 15) is 0 Å². The Bertz CT molecular complexity index is 386. The van der Waals surface area contributed by atoms with Crippen molar-refractivity contribution >= 4 is 11.3 Å². The monoisotopic (exact) mass is 265 g/mol. The third-order valence-electron chi connectivity index (χ3n) is 3.61. The van der Waals surface area contributed by atoms with Crippen LogP contribution in [0.1, 0.15) is 56.7 Å². The van der Waals surface area contributed by atoms with Crippen LogP contribution >= 0.6 is 11.3 Å². The summed E-state index contributed by atoms with van der Waals surface area (Å²) in [6.45, 7) is 13.8. The zero-order valence-corrected chi connectivity index (χ0v) is 13.2. The third kappa shape index (κ3) is 3.58. The van der Waals surface area contributed by atoms with Gasteiger partial charge < -0.3 is 5.32 Å². The summed E-state index contributed by atoms with van der Waals surface area (Å²) in [5, 5.41) is 3.59. The van der Waals surface area contributed by atoms with Crippen LogP contribution in [0.2, 0.25) is 0 Å². The van der Waals surface area contributed by atoms with Crippen LogP contribution in [0.3, 0.4) is 0 Å². The molecule has 1 aromatic heterocycles. The molecule has 18 heavy (non-hydrogen) atoms. The minimum absolute atomic E-state index is 0.309. The molecule has 1 fully saturated rings. The predicted molar refractivity (Wildman–Crippen MR) is 81.6 cm³/mol. The van der Waals surface area contributed by atoms with Crippen LogP contribution in [0.15, 0.2) is 12.1 Å². The summed E-state index contributed by atoms with van der Waals surface area (Å²) in [4.78, 5) is 3.13. The molecule has 1 aliphatic rings. The average Bonchev–Trinajstić information content (AvgIpc) is 2.83. The Morgan fingerprint density at radius 3 is 2.61 bits per heavy atom. The molecule has 1 heterocycles. The van der Waals surface area contributed by atoms with Crippen molar-refractivity contribution in [2.45, 2.75) is 52.4 Å². The van der Waals surface area contributed by atoms with E-state index in [-0.39, 0.29) is 0 Å². The fourth-order valence-corrected chi connectivity index (χ4v) is 3.61. The van der Waals surface area contributed by atoms with Crippen LogP contribution in [0.4, 0.5) is 0 Å². The molecule has 0 aliphatic heterocycles. The van der Waals surface area contributed by atoms with E-state index < -0.39 is 0 Å². The molecule has 1 nitrogen and oxygen atoms in total. The van der Waals surface area contributed by atoms with Crippen molar-refractivity contribution in [1.29, 1.82) is 0 Å². The van der Waals surface area contributed by atoms with Gasteiger partial charge in [-0.2, -0.15) is 0 Å². The zero-order valence-electron chi connectivity index (χ0n) is 12.4. The smallest absolute Gasteiger partial charge is 0.0102 e. The molecule has 0 bridgehead atoms. The molecule has 1 saturated carbocycles. The van der Waals surface area contributed by atoms with Gasteiger partial charge in [-0.25, -0.2) is 0 Å². The van der Waals surface area contributed by atoms with E-state index in [2.05, 4.69) is 52.1 Å². The molecule has 102 valence electrons. The first-order chi connectivity index (χ1) is 8.38. The highest BCUT2D eigenvalue weighted by atomic mass is 32.1. The van der Waals surface area contributed by atoms with Crippen LogP contribution in [0.25, 0.3) is 0 Å². The van der Waals surface area contributed by atoms with Crippen LogP contribution in [0.5, 0.6) is 0 Å². The second kappa shape index (κ2) is 5.34. The highest BCUT2D eigenvalue weighted by Crippen LogP contribution is 2.50. The topological polar surface area (TPSA) is 12.0 Å². The summed E-state index contributed by atoms with van der Waals surface area (Å²) < 4.78 is 0. The number of hydrogen-bond donors (Lipinski definition) is 1. The molecule has 1 aliphatic carbocycles. The molecule has 1 aromatic rings. The van der Waals surface area contributed by atoms with Gasteiger partial charge in [0.05, 0.1) is 0 Å². The Morgan fingerprint density at radius 1 is 1.33 bits per heavy atom. The number of rotatable bonds is 5. The van der Waals surface area contributed by atoms with Gasteiger partial charge in [-0.15, -0.1) is 11.3 Å². The maximum absolute atomic E-state index is 3.59. The summed E-state index contributed by atoms with van der Waals surface area (Å²) >= 11 is 2.03. The number of thiophene rings is 1. The summed E-state index contributed by atoms with van der Waals surface area (Å²) in [7, 11) is 0. The second-order valence-corrected chi connectivity index (χ2v) is 8.22. The quantitative estimate of drug-likeness (QED) is 0.832. The largest absolute Gasteiger partial charge is 0.316 e. The Morgan fingerprint density at radius 2 is 2.06 bits per heavy atom. The van der Waals surface area contributed by atoms with E-state index in [1.54, 1.807) is 4.88 Å². The van der Waals surface area contributed by atoms with E-state index >= 15 is 0 Å². The van der Waals surface area contributed by atoms with E-state index in [0.29, 0.717) is 5.41 Å². The van der Waals surface area contributed by atoms with Crippen molar-refractivity contribution in [1.82, 2.24) is 5.32 Å². The first-order valence-corrected chi connectivity index (χ1v) is 8.00. The molecule has 0 spiro atoms. The average molecular weight is 265 g/mol. The summed E-state index contributed by atoms with van der Waals surface area (Å²) in [5.41, 5.74) is 0.309. The molecule has 2 heteroatoms. The molecule has 0 saturated heterocycles. The highest BCUT2D eigenvalue weighted by Gasteiger charge is 2.39. The van der Waals surface area contributed by atoms with E-state index in [1.807, 2.05) is 11.3 Å². The summed E-state index contributed by atoms with van der Waals surface area (Å²) in [5.74, 6) is 2.48. The molecule has 0 aromatic carbocycles. The third-order valence-corrected chi connectivity index (χ3v) is 5.26. The van der Waals surface area contributed by atoms with Gasteiger partial charge in [0.2, 0.25) is 0 Å². The molecule has 0 amide bonds. The van der Waals surface area contributed by atoms with E-state index in [1.165, 1.54) is 17.8 Å². The van der Waals surface area contributed by atoms with Gasteiger partial charge in [-0.05, 0) is 54.8 Å². The minimum atomic E-state index is 0.309. The Kier molecular flexibility index (Phi) is 4.18. The van der Waals surface area contributed by atoms with Crippen LogP contribution in [-0.2, 0) is 5.41 Å². The first-order valence-electron chi connectivity index (χ1n) is 7.19. The van der Waals surface area contributed by atoms with Crippen molar-refractivity contribution in [2.24, 2.45) is 11.8 Å². The van der Waals surface area contributed by atoms with Crippen molar-refractivity contribution in [3.8, 4) is 0 Å². The molecule has 0 radical (unpaired) electrons. The van der Waals surface area contributed by atoms with Crippen LogP contribution < -0.4 is 5.32 Å². The Hall–Kier alpha value is -0.340. The fourth-order valence-electron chi connectivity index (χ4n) is 2.33. The van der Waals surface area contributed by atoms with E-state index in [4.69, 9.17) is 0 Å². The molecular formula is C16H27NS. The predicted octanol–water partition coefficient (Wildman–Crippen LogP) is 4.39. The van der Waals surface area contributed by atoms with Gasteiger partial charge in [-0.3, -0.25) is 0 Å². The number of nitrogens with one attached hydrogen (secondary N) is 1. The van der Waals surface area contributed by atoms with Gasteiger partial charge >= 0.3 is 0 Å². The lowest BCUT2D eigenvalue weighted by Gasteiger charge is -2.15. The fraction of sp³-hybridized carbons (Fsp3) is 0.750. The van der Waals surface area contributed by atoms with Crippen molar-refractivity contribution in [2.75, 3.05) is 13.1 Å².